The molecule has 4 rings (SSSR count). The van der Waals surface area contributed by atoms with E-state index >= 15 is 0 Å². The average Bonchev–Trinajstić information content (AvgIpc) is 2.97. The first kappa shape index (κ1) is 15.5. The first-order chi connectivity index (χ1) is 12.0. The van der Waals surface area contributed by atoms with Crippen molar-refractivity contribution in [2.75, 3.05) is 0 Å². The number of pyridine rings is 1. The van der Waals surface area contributed by atoms with Crippen molar-refractivity contribution in [2.45, 2.75) is 13.5 Å². The molecular formula is C17H12ClN3O4. The third kappa shape index (κ3) is 2.40. The highest BCUT2D eigenvalue weighted by atomic mass is 35.5. The monoisotopic (exact) mass is 357 g/mol. The van der Waals surface area contributed by atoms with Crippen LogP contribution in [0.2, 0.25) is 5.02 Å². The van der Waals surface area contributed by atoms with Crippen molar-refractivity contribution in [2.24, 2.45) is 0 Å². The molecule has 0 saturated carbocycles. The first-order valence-electron chi connectivity index (χ1n) is 7.47. The number of aromatic amines is 2. The lowest BCUT2D eigenvalue weighted by Gasteiger charge is -2.07. The van der Waals surface area contributed by atoms with Crippen molar-refractivity contribution < 1.29 is 4.42 Å². The number of benzene rings is 1. The number of aromatic nitrogens is 3. The van der Waals surface area contributed by atoms with Gasteiger partial charge < -0.3 is 9.40 Å². The lowest BCUT2D eigenvalue weighted by Crippen LogP contribution is -2.34. The summed E-state index contributed by atoms with van der Waals surface area (Å²) in [4.78, 5) is 40.8. The van der Waals surface area contributed by atoms with Gasteiger partial charge in [-0.1, -0.05) is 11.6 Å². The van der Waals surface area contributed by atoms with Gasteiger partial charge in [0.15, 0.2) is 0 Å². The van der Waals surface area contributed by atoms with E-state index in [4.69, 9.17) is 16.0 Å². The molecule has 0 aliphatic rings. The van der Waals surface area contributed by atoms with Crippen molar-refractivity contribution in [3.8, 4) is 0 Å². The Morgan fingerprint density at radius 2 is 2.00 bits per heavy atom. The zero-order chi connectivity index (χ0) is 17.7. The van der Waals surface area contributed by atoms with Crippen LogP contribution in [0, 0.1) is 6.92 Å². The lowest BCUT2D eigenvalue weighted by atomic mass is 10.1. The van der Waals surface area contributed by atoms with Gasteiger partial charge in [0.05, 0.1) is 18.3 Å². The molecular weight excluding hydrogens is 346 g/mol. The summed E-state index contributed by atoms with van der Waals surface area (Å²) in [5, 5.41) is 3.03. The van der Waals surface area contributed by atoms with E-state index in [1.165, 1.54) is 18.4 Å². The van der Waals surface area contributed by atoms with Crippen LogP contribution in [0.1, 0.15) is 11.3 Å². The summed E-state index contributed by atoms with van der Waals surface area (Å²) in [5.74, 6) is 0.634. The van der Waals surface area contributed by atoms with Crippen LogP contribution in [0.15, 0.2) is 49.3 Å². The minimum Gasteiger partial charge on any atom is -0.469 e. The Kier molecular flexibility index (Phi) is 3.40. The van der Waals surface area contributed by atoms with Crippen molar-refractivity contribution >= 4 is 33.4 Å². The van der Waals surface area contributed by atoms with Gasteiger partial charge in [0.2, 0.25) is 5.43 Å². The second-order valence-electron chi connectivity index (χ2n) is 5.73. The fourth-order valence-electron chi connectivity index (χ4n) is 2.86. The van der Waals surface area contributed by atoms with Crippen molar-refractivity contribution in [3.05, 3.63) is 77.8 Å². The number of halogens is 1. The normalized spacial score (nSPS) is 11.4. The van der Waals surface area contributed by atoms with Gasteiger partial charge in [-0.3, -0.25) is 19.5 Å². The molecule has 8 heteroatoms. The minimum absolute atomic E-state index is 0.0649. The Morgan fingerprint density at radius 1 is 1.20 bits per heavy atom. The van der Waals surface area contributed by atoms with Gasteiger partial charge in [0.25, 0.3) is 11.1 Å². The van der Waals surface area contributed by atoms with Gasteiger partial charge in [0.1, 0.15) is 16.7 Å². The molecule has 7 nitrogen and oxygen atoms in total. The number of hydrogen-bond donors (Lipinski definition) is 2. The van der Waals surface area contributed by atoms with E-state index in [-0.39, 0.29) is 17.4 Å². The van der Waals surface area contributed by atoms with E-state index < -0.39 is 16.5 Å². The van der Waals surface area contributed by atoms with Gasteiger partial charge in [-0.15, -0.1) is 0 Å². The van der Waals surface area contributed by atoms with E-state index in [2.05, 4.69) is 10.1 Å². The van der Waals surface area contributed by atoms with Crippen molar-refractivity contribution in [1.82, 2.24) is 14.8 Å². The molecule has 2 N–H and O–H groups in total. The quantitative estimate of drug-likeness (QED) is 0.536. The Morgan fingerprint density at radius 3 is 2.72 bits per heavy atom. The summed E-state index contributed by atoms with van der Waals surface area (Å²) in [6.07, 6.45) is 1.50. The molecule has 126 valence electrons. The average molecular weight is 358 g/mol. The topological polar surface area (TPSA) is 101 Å². The Labute approximate surface area is 144 Å². The van der Waals surface area contributed by atoms with Crippen LogP contribution in [0.25, 0.3) is 21.8 Å². The van der Waals surface area contributed by atoms with E-state index in [0.717, 1.165) is 10.2 Å². The third-order valence-corrected chi connectivity index (χ3v) is 4.42. The number of hydrogen-bond acceptors (Lipinski definition) is 4. The Balaban J connectivity index is 2.06. The number of fused-ring (bicyclic) bond motifs is 2. The fourth-order valence-corrected chi connectivity index (χ4v) is 3.03. The van der Waals surface area contributed by atoms with Gasteiger partial charge in [-0.05, 0) is 31.2 Å². The number of nitrogens with zero attached hydrogens (tertiary/aromatic N) is 1. The van der Waals surface area contributed by atoms with Crippen LogP contribution < -0.4 is 16.5 Å². The standard InChI is InChI=1S/C17H12ClN3O4/c1-8-9(4-5-25-8)7-21-17(24)13-14(16(23)20-21)19-12-6-10(18)2-3-11(12)15(13)22/h2-6H,7H2,1H3,(H,19,22)(H,20,23). The maximum absolute atomic E-state index is 12.8. The molecule has 3 heterocycles. The van der Waals surface area contributed by atoms with Crippen LogP contribution in [0.3, 0.4) is 0 Å². The Hall–Kier alpha value is -3.06. The summed E-state index contributed by atoms with van der Waals surface area (Å²) in [5.41, 5.74) is -0.568. The summed E-state index contributed by atoms with van der Waals surface area (Å²) in [6.45, 7) is 1.86. The second-order valence-corrected chi connectivity index (χ2v) is 6.16. The SMILES string of the molecule is Cc1occc1Cn1[nH]c(=O)c2[nH]c3cc(Cl)ccc3c(=O)c2c1=O. The molecule has 0 atom stereocenters. The number of rotatable bonds is 2. The van der Waals surface area contributed by atoms with Crippen LogP contribution in [0.5, 0.6) is 0 Å². The molecule has 1 aromatic carbocycles. The highest BCUT2D eigenvalue weighted by Crippen LogP contribution is 2.16. The summed E-state index contributed by atoms with van der Waals surface area (Å²) in [6, 6.07) is 6.33. The van der Waals surface area contributed by atoms with Gasteiger partial charge in [-0.25, -0.2) is 4.68 Å². The summed E-state index contributed by atoms with van der Waals surface area (Å²) >= 11 is 5.93. The van der Waals surface area contributed by atoms with Gasteiger partial charge in [0, 0.05) is 16.0 Å². The smallest absolute Gasteiger partial charge is 0.287 e. The highest BCUT2D eigenvalue weighted by molar-refractivity contribution is 6.31. The van der Waals surface area contributed by atoms with E-state index in [1.54, 1.807) is 19.1 Å². The molecule has 0 aliphatic heterocycles. The first-order valence-corrected chi connectivity index (χ1v) is 7.85. The molecule has 0 amide bonds. The minimum atomic E-state index is -0.576. The zero-order valence-corrected chi connectivity index (χ0v) is 13.8. The van der Waals surface area contributed by atoms with Crippen molar-refractivity contribution in [1.29, 1.82) is 0 Å². The number of furan rings is 1. The lowest BCUT2D eigenvalue weighted by molar-refractivity contribution is 0.523. The molecule has 0 radical (unpaired) electrons. The Bertz CT molecular complexity index is 1310. The predicted molar refractivity (Wildman–Crippen MR) is 94.5 cm³/mol. The molecule has 0 spiro atoms. The van der Waals surface area contributed by atoms with Crippen LogP contribution >= 0.6 is 11.6 Å². The number of H-pyrrole nitrogens is 2. The van der Waals surface area contributed by atoms with Gasteiger partial charge in [-0.2, -0.15) is 0 Å². The number of nitrogens with one attached hydrogen (secondary N) is 2. The second kappa shape index (κ2) is 5.49. The summed E-state index contributed by atoms with van der Waals surface area (Å²) < 4.78 is 6.31. The van der Waals surface area contributed by atoms with Crippen molar-refractivity contribution in [3.63, 3.8) is 0 Å². The number of aryl methyl sites for hydroxylation is 1. The largest absolute Gasteiger partial charge is 0.469 e. The maximum atomic E-state index is 12.8. The predicted octanol–water partition coefficient (Wildman–Crippen LogP) is 2.13. The van der Waals surface area contributed by atoms with Crippen LogP contribution in [-0.2, 0) is 6.54 Å². The third-order valence-electron chi connectivity index (χ3n) is 4.18. The molecule has 0 aliphatic carbocycles. The van der Waals surface area contributed by atoms with Crippen LogP contribution in [0.4, 0.5) is 0 Å². The molecule has 4 aromatic rings. The van der Waals surface area contributed by atoms with Gasteiger partial charge >= 0.3 is 0 Å². The van der Waals surface area contributed by atoms with E-state index in [1.807, 2.05) is 0 Å². The molecule has 0 unspecified atom stereocenters. The molecule has 3 aromatic heterocycles. The zero-order valence-electron chi connectivity index (χ0n) is 13.1. The fraction of sp³-hybridized carbons (Fsp3) is 0.118. The molecule has 0 bridgehead atoms. The highest BCUT2D eigenvalue weighted by Gasteiger charge is 2.15. The van der Waals surface area contributed by atoms with E-state index in [9.17, 15) is 14.4 Å². The summed E-state index contributed by atoms with van der Waals surface area (Å²) in [7, 11) is 0. The molecule has 0 saturated heterocycles. The van der Waals surface area contributed by atoms with E-state index in [0.29, 0.717) is 21.7 Å². The van der Waals surface area contributed by atoms with Crippen LogP contribution in [-0.4, -0.2) is 14.8 Å². The maximum Gasteiger partial charge on any atom is 0.287 e. The molecule has 0 fully saturated rings. The molecule has 25 heavy (non-hydrogen) atoms.